The summed E-state index contributed by atoms with van der Waals surface area (Å²) in [5.41, 5.74) is 6.82. The molecule has 0 saturated carbocycles. The van der Waals surface area contributed by atoms with Gasteiger partial charge in [0.25, 0.3) is 0 Å². The first-order chi connectivity index (χ1) is 17.2. The Morgan fingerprint density at radius 1 is 0.421 bits per heavy atom. The molecule has 0 amide bonds. The molecule has 0 atom stereocenters. The lowest BCUT2D eigenvalue weighted by atomic mass is 9.79. The van der Waals surface area contributed by atoms with E-state index in [1.807, 2.05) is 0 Å². The van der Waals surface area contributed by atoms with Crippen LogP contribution in [0.4, 0.5) is 0 Å². The summed E-state index contributed by atoms with van der Waals surface area (Å²) < 4.78 is 13.7. The molecule has 3 rings (SSSR count). The van der Waals surface area contributed by atoms with E-state index in [1.165, 1.54) is 22.3 Å². The highest BCUT2D eigenvalue weighted by Crippen LogP contribution is 2.47. The highest BCUT2D eigenvalue weighted by atomic mass is 16.5. The summed E-state index contributed by atoms with van der Waals surface area (Å²) >= 11 is 0. The Morgan fingerprint density at radius 3 is 1.11 bits per heavy atom. The molecule has 0 saturated heterocycles. The van der Waals surface area contributed by atoms with Gasteiger partial charge in [-0.1, -0.05) is 118 Å². The molecule has 0 aliphatic carbocycles. The average molecular weight is 515 g/mol. The minimum absolute atomic E-state index is 0.0289. The fourth-order valence-corrected chi connectivity index (χ4v) is 4.76. The van der Waals surface area contributed by atoms with Crippen LogP contribution in [-0.2, 0) is 21.7 Å². The van der Waals surface area contributed by atoms with Crippen molar-refractivity contribution in [3.05, 3.63) is 81.9 Å². The van der Waals surface area contributed by atoms with Gasteiger partial charge < -0.3 is 9.47 Å². The predicted octanol–water partition coefficient (Wildman–Crippen LogP) is 11.1. The second-order valence-corrected chi connectivity index (χ2v) is 15.1. The third kappa shape index (κ3) is 6.82. The normalized spacial score (nSPS) is 13.0. The molecule has 0 bridgehead atoms. The molecule has 3 aromatic rings. The Balaban J connectivity index is 2.26. The number of rotatable bonds is 4. The van der Waals surface area contributed by atoms with Crippen molar-refractivity contribution in [3.8, 4) is 23.0 Å². The zero-order chi connectivity index (χ0) is 28.8. The van der Waals surface area contributed by atoms with E-state index in [0.717, 1.165) is 34.1 Å². The zero-order valence-corrected chi connectivity index (χ0v) is 26.4. The molecule has 2 heteroatoms. The fraction of sp³-hybridized carbons (Fsp3) is 0.500. The van der Waals surface area contributed by atoms with Crippen molar-refractivity contribution in [2.24, 2.45) is 0 Å². The Hall–Kier alpha value is -2.74. The SMILES string of the molecule is Cc1ccc(Oc2cc(C(C)(C)C)c(Oc3ccc(C)cc3C(C)(C)C)c(C(C)(C)C)c2)c(C(C)(C)C)c1. The van der Waals surface area contributed by atoms with Gasteiger partial charge in [0.15, 0.2) is 0 Å². The van der Waals surface area contributed by atoms with Gasteiger partial charge in [-0.2, -0.15) is 0 Å². The molecular formula is C36H50O2. The molecule has 38 heavy (non-hydrogen) atoms. The molecular weight excluding hydrogens is 464 g/mol. The standard InChI is InChI=1S/C36H50O2/c1-23-15-17-30(26(19-23)33(3,4)5)37-25-21-28(35(9,10)11)32(29(22-25)36(12,13)14)38-31-18-16-24(2)20-27(31)34(6,7)8/h15-22H,1-14H3. The van der Waals surface area contributed by atoms with Gasteiger partial charge in [0.1, 0.15) is 23.0 Å². The Kier molecular flexibility index (Phi) is 7.92. The van der Waals surface area contributed by atoms with Crippen molar-refractivity contribution in [1.29, 1.82) is 0 Å². The minimum atomic E-state index is -0.151. The second kappa shape index (κ2) is 10.1. The molecule has 206 valence electrons. The lowest BCUT2D eigenvalue weighted by Crippen LogP contribution is -2.20. The predicted molar refractivity (Wildman–Crippen MR) is 164 cm³/mol. The quantitative estimate of drug-likeness (QED) is 0.345. The van der Waals surface area contributed by atoms with E-state index in [2.05, 4.69) is 145 Å². The van der Waals surface area contributed by atoms with E-state index in [1.54, 1.807) is 0 Å². The summed E-state index contributed by atoms with van der Waals surface area (Å²) in [4.78, 5) is 0. The topological polar surface area (TPSA) is 18.5 Å². The van der Waals surface area contributed by atoms with Crippen LogP contribution in [0.3, 0.4) is 0 Å². The zero-order valence-electron chi connectivity index (χ0n) is 26.4. The van der Waals surface area contributed by atoms with Crippen LogP contribution in [0.15, 0.2) is 48.5 Å². The van der Waals surface area contributed by atoms with Crippen LogP contribution in [-0.4, -0.2) is 0 Å². The molecule has 2 nitrogen and oxygen atoms in total. The molecule has 0 unspecified atom stereocenters. The van der Waals surface area contributed by atoms with Gasteiger partial charge in [-0.3, -0.25) is 0 Å². The summed E-state index contributed by atoms with van der Waals surface area (Å²) in [6.45, 7) is 31.2. The molecule has 0 aromatic heterocycles. The largest absolute Gasteiger partial charge is 0.457 e. The third-order valence-corrected chi connectivity index (χ3v) is 7.00. The molecule has 0 heterocycles. The van der Waals surface area contributed by atoms with E-state index in [9.17, 15) is 0 Å². The first-order valence-electron chi connectivity index (χ1n) is 13.9. The molecule has 0 aliphatic heterocycles. The highest BCUT2D eigenvalue weighted by Gasteiger charge is 2.31. The van der Waals surface area contributed by atoms with Crippen molar-refractivity contribution in [2.75, 3.05) is 0 Å². The summed E-state index contributed by atoms with van der Waals surface area (Å²) in [6.07, 6.45) is 0. The van der Waals surface area contributed by atoms with Gasteiger partial charge in [0.05, 0.1) is 0 Å². The summed E-state index contributed by atoms with van der Waals surface area (Å²) in [7, 11) is 0. The molecule has 0 radical (unpaired) electrons. The number of aryl methyl sites for hydroxylation is 2. The lowest BCUT2D eigenvalue weighted by Gasteiger charge is -2.32. The van der Waals surface area contributed by atoms with Crippen molar-refractivity contribution >= 4 is 0 Å². The number of hydrogen-bond donors (Lipinski definition) is 0. The maximum atomic E-state index is 6.95. The van der Waals surface area contributed by atoms with Crippen molar-refractivity contribution < 1.29 is 9.47 Å². The fourth-order valence-electron chi connectivity index (χ4n) is 4.76. The number of hydrogen-bond acceptors (Lipinski definition) is 2. The molecule has 0 N–H and O–H groups in total. The van der Waals surface area contributed by atoms with Crippen molar-refractivity contribution in [1.82, 2.24) is 0 Å². The first kappa shape index (κ1) is 29.8. The van der Waals surface area contributed by atoms with Crippen molar-refractivity contribution in [2.45, 2.75) is 119 Å². The van der Waals surface area contributed by atoms with Crippen LogP contribution in [0.1, 0.15) is 116 Å². The van der Waals surface area contributed by atoms with Crippen LogP contribution in [0.2, 0.25) is 0 Å². The highest BCUT2D eigenvalue weighted by molar-refractivity contribution is 5.57. The summed E-state index contributed by atoms with van der Waals surface area (Å²) in [5.74, 6) is 3.61. The van der Waals surface area contributed by atoms with Gasteiger partial charge in [0.2, 0.25) is 0 Å². The monoisotopic (exact) mass is 514 g/mol. The van der Waals surface area contributed by atoms with Gasteiger partial charge in [-0.05, 0) is 59.8 Å². The van der Waals surface area contributed by atoms with Gasteiger partial charge >= 0.3 is 0 Å². The summed E-state index contributed by atoms with van der Waals surface area (Å²) in [6, 6.07) is 17.4. The minimum Gasteiger partial charge on any atom is -0.457 e. The maximum Gasteiger partial charge on any atom is 0.135 e. The van der Waals surface area contributed by atoms with E-state index in [0.29, 0.717) is 0 Å². The average Bonchev–Trinajstić information content (AvgIpc) is 2.74. The third-order valence-electron chi connectivity index (χ3n) is 7.00. The van der Waals surface area contributed by atoms with Crippen LogP contribution in [0.25, 0.3) is 0 Å². The van der Waals surface area contributed by atoms with Crippen LogP contribution in [0.5, 0.6) is 23.0 Å². The number of benzene rings is 3. The van der Waals surface area contributed by atoms with E-state index < -0.39 is 0 Å². The van der Waals surface area contributed by atoms with Gasteiger partial charge in [-0.25, -0.2) is 0 Å². The smallest absolute Gasteiger partial charge is 0.135 e. The van der Waals surface area contributed by atoms with Gasteiger partial charge in [-0.15, -0.1) is 0 Å². The second-order valence-electron chi connectivity index (χ2n) is 15.1. The Bertz CT molecular complexity index is 1260. The summed E-state index contributed by atoms with van der Waals surface area (Å²) in [5, 5.41) is 0. The van der Waals surface area contributed by atoms with Crippen molar-refractivity contribution in [3.63, 3.8) is 0 Å². The van der Waals surface area contributed by atoms with Crippen LogP contribution >= 0.6 is 0 Å². The Morgan fingerprint density at radius 2 is 0.763 bits per heavy atom. The Labute approximate surface area is 232 Å². The number of ether oxygens (including phenoxy) is 2. The molecule has 0 fully saturated rings. The van der Waals surface area contributed by atoms with Crippen LogP contribution < -0.4 is 9.47 Å². The van der Waals surface area contributed by atoms with Crippen LogP contribution in [0, 0.1) is 13.8 Å². The molecule has 0 spiro atoms. The molecule has 0 aliphatic rings. The lowest BCUT2D eigenvalue weighted by molar-refractivity contribution is 0.409. The first-order valence-corrected chi connectivity index (χ1v) is 13.9. The van der Waals surface area contributed by atoms with E-state index >= 15 is 0 Å². The van der Waals surface area contributed by atoms with E-state index in [4.69, 9.17) is 9.47 Å². The maximum absolute atomic E-state index is 6.95. The van der Waals surface area contributed by atoms with Gasteiger partial charge in [0, 0.05) is 22.3 Å². The van der Waals surface area contributed by atoms with E-state index in [-0.39, 0.29) is 21.7 Å². The molecule has 3 aromatic carbocycles.